The average molecular weight is 89.1 g/mol. The van der Waals surface area contributed by atoms with Gasteiger partial charge in [0, 0.05) is 0 Å². The first-order valence-corrected chi connectivity index (χ1v) is 2.24. The standard InChI is InChI=1S/C5H10F/c1-3-5(6)4-2/h5H,1,3-4H2,2H3. The van der Waals surface area contributed by atoms with Crippen molar-refractivity contribution in [1.29, 1.82) is 0 Å². The molecule has 0 aliphatic carbocycles. The van der Waals surface area contributed by atoms with E-state index in [1.54, 1.807) is 0 Å². The number of alkyl halides is 1. The van der Waals surface area contributed by atoms with E-state index in [0.717, 1.165) is 0 Å². The Kier molecular flexibility index (Phi) is 3.10. The Bertz CT molecular complexity index is 23.1. The van der Waals surface area contributed by atoms with Crippen molar-refractivity contribution in [2.75, 3.05) is 0 Å². The van der Waals surface area contributed by atoms with Crippen LogP contribution >= 0.6 is 0 Å². The first kappa shape index (κ1) is 5.93. The van der Waals surface area contributed by atoms with Crippen LogP contribution in [0.2, 0.25) is 0 Å². The van der Waals surface area contributed by atoms with Gasteiger partial charge in [-0.25, -0.2) is 4.39 Å². The monoisotopic (exact) mass is 89.1 g/mol. The van der Waals surface area contributed by atoms with Gasteiger partial charge in [-0.2, -0.15) is 0 Å². The number of hydrogen-bond donors (Lipinski definition) is 0. The molecular formula is C5H10F. The van der Waals surface area contributed by atoms with E-state index in [2.05, 4.69) is 6.92 Å². The van der Waals surface area contributed by atoms with E-state index in [-0.39, 0.29) is 0 Å². The van der Waals surface area contributed by atoms with Gasteiger partial charge in [-0.1, -0.05) is 13.8 Å². The summed E-state index contributed by atoms with van der Waals surface area (Å²) < 4.78 is 11.8. The molecule has 1 heteroatoms. The molecule has 0 bridgehead atoms. The Hall–Kier alpha value is -0.0700. The number of halogens is 1. The zero-order valence-corrected chi connectivity index (χ0v) is 4.08. The van der Waals surface area contributed by atoms with Gasteiger partial charge in [0.15, 0.2) is 0 Å². The highest BCUT2D eigenvalue weighted by Gasteiger charge is 1.94. The van der Waals surface area contributed by atoms with Crippen molar-refractivity contribution < 1.29 is 4.39 Å². The normalized spacial score (nSPS) is 10.0. The molecule has 0 aromatic heterocycles. The molecule has 1 unspecified atom stereocenters. The molecule has 1 radical (unpaired) electrons. The lowest BCUT2D eigenvalue weighted by atomic mass is 10.2. The van der Waals surface area contributed by atoms with Crippen LogP contribution in [0.3, 0.4) is 0 Å². The molecule has 0 aliphatic heterocycles. The summed E-state index contributed by atoms with van der Waals surface area (Å²) in [6.45, 7) is 5.20. The maximum Gasteiger partial charge on any atom is 0.0999 e. The molecule has 0 rings (SSSR count). The van der Waals surface area contributed by atoms with E-state index in [4.69, 9.17) is 0 Å². The molecule has 6 heavy (non-hydrogen) atoms. The predicted octanol–water partition coefficient (Wildman–Crippen LogP) is 1.96. The largest absolute Gasteiger partial charge is 0.248 e. The molecule has 0 aliphatic rings. The molecule has 0 amide bonds. The summed E-state index contributed by atoms with van der Waals surface area (Å²) in [5.74, 6) is 0. The molecule has 37 valence electrons. The van der Waals surface area contributed by atoms with Crippen LogP contribution < -0.4 is 0 Å². The Morgan fingerprint density at radius 1 is 1.83 bits per heavy atom. The first-order valence-electron chi connectivity index (χ1n) is 2.24. The van der Waals surface area contributed by atoms with Crippen molar-refractivity contribution in [2.45, 2.75) is 25.9 Å². The lowest BCUT2D eigenvalue weighted by Gasteiger charge is -1.94. The summed E-state index contributed by atoms with van der Waals surface area (Å²) in [4.78, 5) is 0. The lowest BCUT2D eigenvalue weighted by molar-refractivity contribution is 0.327. The lowest BCUT2D eigenvalue weighted by Crippen LogP contribution is -1.91. The highest BCUT2D eigenvalue weighted by Crippen LogP contribution is 1.98. The predicted molar refractivity (Wildman–Crippen MR) is 25.2 cm³/mol. The minimum Gasteiger partial charge on any atom is -0.248 e. The molecule has 1 atom stereocenters. The van der Waals surface area contributed by atoms with Crippen LogP contribution in [0.4, 0.5) is 4.39 Å². The van der Waals surface area contributed by atoms with Gasteiger partial charge >= 0.3 is 0 Å². The van der Waals surface area contributed by atoms with Gasteiger partial charge in [0.1, 0.15) is 0 Å². The quantitative estimate of drug-likeness (QED) is 0.485. The Labute approximate surface area is 38.4 Å². The zero-order valence-electron chi connectivity index (χ0n) is 4.08. The molecule has 0 aromatic carbocycles. The first-order chi connectivity index (χ1) is 2.81. The number of hydrogen-bond acceptors (Lipinski definition) is 0. The third-order valence-electron chi connectivity index (χ3n) is 0.756. The van der Waals surface area contributed by atoms with Crippen LogP contribution in [0, 0.1) is 6.92 Å². The molecule has 0 nitrogen and oxygen atoms in total. The molecule has 0 heterocycles. The number of rotatable bonds is 2. The fourth-order valence-corrected chi connectivity index (χ4v) is 0.204. The fraction of sp³-hybridized carbons (Fsp3) is 0.800. The Morgan fingerprint density at radius 3 is 2.33 bits per heavy atom. The summed E-state index contributed by atoms with van der Waals surface area (Å²) in [6, 6.07) is 0. The van der Waals surface area contributed by atoms with E-state index in [1.807, 2.05) is 6.92 Å². The van der Waals surface area contributed by atoms with Crippen LogP contribution in [0.1, 0.15) is 19.8 Å². The van der Waals surface area contributed by atoms with Crippen molar-refractivity contribution in [3.63, 3.8) is 0 Å². The highest BCUT2D eigenvalue weighted by atomic mass is 19.1. The third-order valence-corrected chi connectivity index (χ3v) is 0.756. The topological polar surface area (TPSA) is 0 Å². The fourth-order valence-electron chi connectivity index (χ4n) is 0.204. The molecule has 0 fully saturated rings. The smallest absolute Gasteiger partial charge is 0.0999 e. The second-order valence-corrected chi connectivity index (χ2v) is 1.29. The van der Waals surface area contributed by atoms with Crippen molar-refractivity contribution >= 4 is 0 Å². The maximum absolute atomic E-state index is 11.8. The van der Waals surface area contributed by atoms with Crippen LogP contribution in [0.15, 0.2) is 0 Å². The van der Waals surface area contributed by atoms with Gasteiger partial charge in [-0.3, -0.25) is 0 Å². The minimum absolute atomic E-state index is 0.413. The van der Waals surface area contributed by atoms with E-state index in [0.29, 0.717) is 12.8 Å². The van der Waals surface area contributed by atoms with Gasteiger partial charge in [-0.15, -0.1) is 0 Å². The average Bonchev–Trinajstić information content (AvgIpc) is 1.65. The van der Waals surface area contributed by atoms with Crippen molar-refractivity contribution in [3.05, 3.63) is 6.92 Å². The molecule has 0 spiro atoms. The Morgan fingerprint density at radius 2 is 2.33 bits per heavy atom. The van der Waals surface area contributed by atoms with Crippen molar-refractivity contribution in [2.24, 2.45) is 0 Å². The van der Waals surface area contributed by atoms with E-state index >= 15 is 0 Å². The van der Waals surface area contributed by atoms with Gasteiger partial charge < -0.3 is 0 Å². The van der Waals surface area contributed by atoms with Gasteiger partial charge in [0.2, 0.25) is 0 Å². The molecule has 0 saturated heterocycles. The second kappa shape index (κ2) is 3.13. The van der Waals surface area contributed by atoms with Crippen molar-refractivity contribution in [1.82, 2.24) is 0 Å². The molecular weight excluding hydrogens is 79.1 g/mol. The molecule has 0 N–H and O–H groups in total. The molecule has 0 aromatic rings. The second-order valence-electron chi connectivity index (χ2n) is 1.29. The molecule has 0 saturated carbocycles. The zero-order chi connectivity index (χ0) is 4.99. The van der Waals surface area contributed by atoms with Gasteiger partial charge in [0.25, 0.3) is 0 Å². The van der Waals surface area contributed by atoms with Crippen LogP contribution in [-0.2, 0) is 0 Å². The summed E-state index contributed by atoms with van der Waals surface area (Å²) in [6.07, 6.45) is 0.338. The van der Waals surface area contributed by atoms with E-state index < -0.39 is 6.17 Å². The maximum atomic E-state index is 11.8. The van der Waals surface area contributed by atoms with E-state index in [9.17, 15) is 4.39 Å². The highest BCUT2D eigenvalue weighted by molar-refractivity contribution is 4.51. The van der Waals surface area contributed by atoms with E-state index in [1.165, 1.54) is 0 Å². The van der Waals surface area contributed by atoms with Crippen LogP contribution in [0.5, 0.6) is 0 Å². The minimum atomic E-state index is -0.676. The summed E-state index contributed by atoms with van der Waals surface area (Å²) in [5.41, 5.74) is 0. The van der Waals surface area contributed by atoms with Crippen LogP contribution in [-0.4, -0.2) is 6.17 Å². The summed E-state index contributed by atoms with van der Waals surface area (Å²) >= 11 is 0. The summed E-state index contributed by atoms with van der Waals surface area (Å²) in [7, 11) is 0. The van der Waals surface area contributed by atoms with Crippen LogP contribution in [0.25, 0.3) is 0 Å². The van der Waals surface area contributed by atoms with Gasteiger partial charge in [-0.05, 0) is 12.8 Å². The Balaban J connectivity index is 2.75. The van der Waals surface area contributed by atoms with Crippen molar-refractivity contribution in [3.8, 4) is 0 Å². The summed E-state index contributed by atoms with van der Waals surface area (Å²) in [5, 5.41) is 0. The SMILES string of the molecule is [CH2]CC(F)CC. The van der Waals surface area contributed by atoms with Gasteiger partial charge in [0.05, 0.1) is 6.17 Å². The third kappa shape index (κ3) is 2.18.